The van der Waals surface area contributed by atoms with E-state index in [2.05, 4.69) is 31.9 Å². The lowest BCUT2D eigenvalue weighted by atomic mass is 10.1. The van der Waals surface area contributed by atoms with Crippen LogP contribution in [0.4, 0.5) is 0 Å². The molecular formula is C15H13Br2NO. The van der Waals surface area contributed by atoms with Gasteiger partial charge in [-0.3, -0.25) is 4.79 Å². The quantitative estimate of drug-likeness (QED) is 0.766. The summed E-state index contributed by atoms with van der Waals surface area (Å²) in [6, 6.07) is 15.4. The van der Waals surface area contributed by atoms with Crippen molar-refractivity contribution in [3.63, 3.8) is 0 Å². The standard InChI is InChI=1S/C15H13Br2NO/c1-18(10-11-3-2-4-14(17)9-11)15(19)12-5-7-13(16)8-6-12/h2-9H,10H2,1H3. The molecule has 0 radical (unpaired) electrons. The highest BCUT2D eigenvalue weighted by Gasteiger charge is 2.11. The number of hydrogen-bond donors (Lipinski definition) is 0. The lowest BCUT2D eigenvalue weighted by molar-refractivity contribution is 0.0785. The third-order valence-electron chi connectivity index (χ3n) is 2.75. The summed E-state index contributed by atoms with van der Waals surface area (Å²) in [5, 5.41) is 0. The molecule has 0 unspecified atom stereocenters. The Kier molecular flexibility index (Phi) is 4.77. The van der Waals surface area contributed by atoms with Crippen LogP contribution in [-0.2, 0) is 6.54 Å². The second-order valence-electron chi connectivity index (χ2n) is 4.30. The molecule has 0 aliphatic carbocycles. The Labute approximate surface area is 129 Å². The molecule has 0 N–H and O–H groups in total. The van der Waals surface area contributed by atoms with E-state index in [1.54, 1.807) is 4.90 Å². The van der Waals surface area contributed by atoms with Gasteiger partial charge in [0.2, 0.25) is 0 Å². The molecule has 1 amide bonds. The van der Waals surface area contributed by atoms with Crippen LogP contribution < -0.4 is 0 Å². The predicted octanol–water partition coefficient (Wildman–Crippen LogP) is 4.48. The summed E-state index contributed by atoms with van der Waals surface area (Å²) in [5.74, 6) is 0.0208. The average Bonchev–Trinajstić information content (AvgIpc) is 2.39. The van der Waals surface area contributed by atoms with E-state index < -0.39 is 0 Å². The Morgan fingerprint density at radius 2 is 1.74 bits per heavy atom. The molecule has 98 valence electrons. The first-order chi connectivity index (χ1) is 9.06. The highest BCUT2D eigenvalue weighted by molar-refractivity contribution is 9.10. The molecule has 4 heteroatoms. The first-order valence-electron chi connectivity index (χ1n) is 5.82. The lowest BCUT2D eigenvalue weighted by Crippen LogP contribution is -2.26. The van der Waals surface area contributed by atoms with E-state index in [-0.39, 0.29) is 5.91 Å². The molecule has 2 rings (SSSR count). The van der Waals surface area contributed by atoms with Gasteiger partial charge >= 0.3 is 0 Å². The van der Waals surface area contributed by atoms with Gasteiger partial charge in [0.1, 0.15) is 0 Å². The van der Waals surface area contributed by atoms with Crippen molar-refractivity contribution in [3.8, 4) is 0 Å². The lowest BCUT2D eigenvalue weighted by Gasteiger charge is -2.17. The highest BCUT2D eigenvalue weighted by Crippen LogP contribution is 2.15. The SMILES string of the molecule is CN(Cc1cccc(Br)c1)C(=O)c1ccc(Br)cc1. The maximum Gasteiger partial charge on any atom is 0.253 e. The van der Waals surface area contributed by atoms with Crippen LogP contribution in [0.15, 0.2) is 57.5 Å². The fraction of sp³-hybridized carbons (Fsp3) is 0.133. The number of benzene rings is 2. The zero-order valence-corrected chi connectivity index (χ0v) is 13.6. The third-order valence-corrected chi connectivity index (χ3v) is 3.77. The molecule has 0 spiro atoms. The topological polar surface area (TPSA) is 20.3 Å². The summed E-state index contributed by atoms with van der Waals surface area (Å²) in [5.41, 5.74) is 1.79. The van der Waals surface area contributed by atoms with Gasteiger partial charge in [-0.25, -0.2) is 0 Å². The Balaban J connectivity index is 2.09. The zero-order chi connectivity index (χ0) is 13.8. The summed E-state index contributed by atoms with van der Waals surface area (Å²) < 4.78 is 1.99. The van der Waals surface area contributed by atoms with Crippen LogP contribution in [0.25, 0.3) is 0 Å². The summed E-state index contributed by atoms with van der Waals surface area (Å²) in [6.45, 7) is 0.592. The second-order valence-corrected chi connectivity index (χ2v) is 6.13. The van der Waals surface area contributed by atoms with Crippen LogP contribution in [0.5, 0.6) is 0 Å². The van der Waals surface area contributed by atoms with Crippen molar-refractivity contribution in [2.45, 2.75) is 6.54 Å². The van der Waals surface area contributed by atoms with Crippen molar-refractivity contribution >= 4 is 37.8 Å². The molecule has 2 aromatic carbocycles. The van der Waals surface area contributed by atoms with Crippen molar-refractivity contribution in [1.82, 2.24) is 4.90 Å². The van der Waals surface area contributed by atoms with Gasteiger partial charge < -0.3 is 4.90 Å². The van der Waals surface area contributed by atoms with Crippen molar-refractivity contribution in [2.75, 3.05) is 7.05 Å². The van der Waals surface area contributed by atoms with Gasteiger partial charge in [-0.2, -0.15) is 0 Å². The summed E-state index contributed by atoms with van der Waals surface area (Å²) in [6.07, 6.45) is 0. The highest BCUT2D eigenvalue weighted by atomic mass is 79.9. The van der Waals surface area contributed by atoms with Crippen molar-refractivity contribution in [3.05, 3.63) is 68.6 Å². The minimum atomic E-state index is 0.0208. The number of halogens is 2. The van der Waals surface area contributed by atoms with Gasteiger partial charge in [0.15, 0.2) is 0 Å². The molecular weight excluding hydrogens is 370 g/mol. The van der Waals surface area contributed by atoms with E-state index in [9.17, 15) is 4.79 Å². The maximum atomic E-state index is 12.2. The van der Waals surface area contributed by atoms with Gasteiger partial charge in [0, 0.05) is 28.1 Å². The fourth-order valence-corrected chi connectivity index (χ4v) is 2.50. The van der Waals surface area contributed by atoms with Crippen LogP contribution in [0, 0.1) is 0 Å². The van der Waals surface area contributed by atoms with E-state index in [1.807, 2.05) is 55.6 Å². The predicted molar refractivity (Wildman–Crippen MR) is 84.1 cm³/mol. The summed E-state index contributed by atoms with van der Waals surface area (Å²) in [7, 11) is 1.81. The Hall–Kier alpha value is -1.13. The van der Waals surface area contributed by atoms with E-state index in [4.69, 9.17) is 0 Å². The number of amides is 1. The molecule has 19 heavy (non-hydrogen) atoms. The average molecular weight is 383 g/mol. The number of carbonyl (C=O) groups excluding carboxylic acids is 1. The minimum Gasteiger partial charge on any atom is -0.337 e. The van der Waals surface area contributed by atoms with Gasteiger partial charge in [-0.05, 0) is 42.0 Å². The van der Waals surface area contributed by atoms with E-state index in [0.29, 0.717) is 12.1 Å². The van der Waals surface area contributed by atoms with Gasteiger partial charge in [0.25, 0.3) is 5.91 Å². The number of nitrogens with zero attached hydrogens (tertiary/aromatic N) is 1. The van der Waals surface area contributed by atoms with Crippen molar-refractivity contribution in [2.24, 2.45) is 0 Å². The van der Waals surface area contributed by atoms with Crippen LogP contribution in [0.1, 0.15) is 15.9 Å². The third kappa shape index (κ3) is 3.91. The molecule has 0 fully saturated rings. The van der Waals surface area contributed by atoms with E-state index in [0.717, 1.165) is 14.5 Å². The van der Waals surface area contributed by atoms with Crippen LogP contribution in [0.2, 0.25) is 0 Å². The largest absolute Gasteiger partial charge is 0.337 e. The molecule has 0 aliphatic heterocycles. The van der Waals surface area contributed by atoms with Crippen LogP contribution in [0.3, 0.4) is 0 Å². The van der Waals surface area contributed by atoms with Gasteiger partial charge in [0.05, 0.1) is 0 Å². The zero-order valence-electron chi connectivity index (χ0n) is 10.4. The summed E-state index contributed by atoms with van der Waals surface area (Å²) in [4.78, 5) is 14.0. The smallest absolute Gasteiger partial charge is 0.253 e. The number of rotatable bonds is 3. The van der Waals surface area contributed by atoms with Gasteiger partial charge in [-0.15, -0.1) is 0 Å². The molecule has 0 bridgehead atoms. The van der Waals surface area contributed by atoms with Crippen molar-refractivity contribution < 1.29 is 4.79 Å². The van der Waals surface area contributed by atoms with Crippen LogP contribution in [-0.4, -0.2) is 17.9 Å². The monoisotopic (exact) mass is 381 g/mol. The Morgan fingerprint density at radius 3 is 2.37 bits per heavy atom. The molecule has 0 aromatic heterocycles. The normalized spacial score (nSPS) is 10.3. The van der Waals surface area contributed by atoms with Crippen LogP contribution >= 0.6 is 31.9 Å². The molecule has 0 saturated carbocycles. The minimum absolute atomic E-state index is 0.0208. The summed E-state index contributed by atoms with van der Waals surface area (Å²) >= 11 is 6.80. The molecule has 0 aliphatic rings. The van der Waals surface area contributed by atoms with E-state index >= 15 is 0 Å². The number of hydrogen-bond acceptors (Lipinski definition) is 1. The maximum absolute atomic E-state index is 12.2. The van der Waals surface area contributed by atoms with E-state index in [1.165, 1.54) is 0 Å². The molecule has 2 nitrogen and oxygen atoms in total. The van der Waals surface area contributed by atoms with Crippen molar-refractivity contribution in [1.29, 1.82) is 0 Å². The number of carbonyl (C=O) groups is 1. The molecule has 0 heterocycles. The molecule has 0 saturated heterocycles. The molecule has 0 atom stereocenters. The Morgan fingerprint density at radius 1 is 1.05 bits per heavy atom. The Bertz CT molecular complexity index is 581. The fourth-order valence-electron chi connectivity index (χ4n) is 1.79. The van der Waals surface area contributed by atoms with Gasteiger partial charge in [-0.1, -0.05) is 44.0 Å². The first-order valence-corrected chi connectivity index (χ1v) is 7.40. The first kappa shape index (κ1) is 14.3. The molecule has 2 aromatic rings. The second kappa shape index (κ2) is 6.35.